The summed E-state index contributed by atoms with van der Waals surface area (Å²) in [5, 5.41) is 14.7. The highest BCUT2D eigenvalue weighted by molar-refractivity contribution is 6.21. The van der Waals surface area contributed by atoms with Crippen molar-refractivity contribution in [1.82, 2.24) is 59.0 Å². The summed E-state index contributed by atoms with van der Waals surface area (Å²) in [7, 11) is 5.38. The van der Waals surface area contributed by atoms with Gasteiger partial charge in [0.2, 0.25) is 23.8 Å². The van der Waals surface area contributed by atoms with Crippen LogP contribution in [0.25, 0.3) is 33.8 Å². The predicted molar refractivity (Wildman–Crippen MR) is 378 cm³/mol. The van der Waals surface area contributed by atoms with E-state index in [0.29, 0.717) is 86.2 Å². The molecule has 0 spiro atoms. The normalized spacial score (nSPS) is 16.7. The zero-order valence-electron chi connectivity index (χ0n) is 57.8. The van der Waals surface area contributed by atoms with Gasteiger partial charge in [-0.3, -0.25) is 67.8 Å². The van der Waals surface area contributed by atoms with Crippen LogP contribution in [0.5, 0.6) is 0 Å². The number of aromatic nitrogens is 9. The third kappa shape index (κ3) is 12.5. The highest BCUT2D eigenvalue weighted by Crippen LogP contribution is 2.40. The van der Waals surface area contributed by atoms with Gasteiger partial charge in [0, 0.05) is 50.2 Å². The van der Waals surface area contributed by atoms with Crippen molar-refractivity contribution in [2.45, 2.75) is 138 Å². The number of aryl methyl sites for hydroxylation is 2. The monoisotopic (exact) mass is 1300 g/mol. The van der Waals surface area contributed by atoms with Crippen LogP contribution in [0.1, 0.15) is 145 Å². The quantitative estimate of drug-likeness (QED) is 0.0991. The van der Waals surface area contributed by atoms with Crippen molar-refractivity contribution in [3.63, 3.8) is 0 Å². The van der Waals surface area contributed by atoms with E-state index in [0.717, 1.165) is 109 Å². The topological polar surface area (TPSA) is 200 Å². The molecule has 6 aromatic heterocycles. The molecule has 9 aromatic rings. The number of amides is 3. The van der Waals surface area contributed by atoms with Crippen LogP contribution in [0, 0.1) is 19.8 Å². The fraction of sp³-hybridized carbons (Fsp3) is 0.360. The molecule has 498 valence electrons. The van der Waals surface area contributed by atoms with Crippen molar-refractivity contribution in [2.24, 2.45) is 15.0 Å². The van der Waals surface area contributed by atoms with Gasteiger partial charge in [-0.05, 0) is 127 Å². The fourth-order valence-electron chi connectivity index (χ4n) is 13.5. The highest BCUT2D eigenvalue weighted by Gasteiger charge is 2.48. The summed E-state index contributed by atoms with van der Waals surface area (Å²) in [6.07, 6.45) is 6.94. The Balaban J connectivity index is 0.000000131. The van der Waals surface area contributed by atoms with E-state index in [9.17, 15) is 18.8 Å². The first-order valence-corrected chi connectivity index (χ1v) is 33.3. The van der Waals surface area contributed by atoms with Crippen molar-refractivity contribution in [3.05, 3.63) is 195 Å². The SMILES string of the molecule is CCCc1c2c(nn1Cc1ccc(-c3ccc(C)cn3)cc1)N1CC(C)(C)N=C1N(C)C2=O.CCc1c2c(nn1Cc1ccc(-c3ccc(C)cn3)cc1)N1CC(C)(C)N=C1N(C)C2=O.CCc1c2c(nn1Cc1ccc(-c3cccc(F)n3)cc1)N1CC(C)(C)N=C1N(C)C2=O. The van der Waals surface area contributed by atoms with E-state index >= 15 is 0 Å². The Hall–Kier alpha value is -10.5. The summed E-state index contributed by atoms with van der Waals surface area (Å²) >= 11 is 0. The van der Waals surface area contributed by atoms with E-state index in [4.69, 9.17) is 30.3 Å². The van der Waals surface area contributed by atoms with E-state index in [1.807, 2.05) is 95.6 Å². The lowest BCUT2D eigenvalue weighted by atomic mass is 10.1. The van der Waals surface area contributed by atoms with Gasteiger partial charge in [0.15, 0.2) is 17.5 Å². The van der Waals surface area contributed by atoms with Crippen LogP contribution in [0.4, 0.5) is 21.8 Å². The Labute approximate surface area is 565 Å². The maximum absolute atomic E-state index is 13.4. The van der Waals surface area contributed by atoms with Crippen LogP contribution in [-0.2, 0) is 38.9 Å². The minimum atomic E-state index is -0.496. The number of carbonyl (C=O) groups is 3. The maximum Gasteiger partial charge on any atom is 0.266 e. The molecule has 0 aliphatic carbocycles. The van der Waals surface area contributed by atoms with Gasteiger partial charge in [-0.15, -0.1) is 0 Å². The van der Waals surface area contributed by atoms with Crippen LogP contribution in [-0.4, -0.2) is 152 Å². The molecule has 0 radical (unpaired) electrons. The smallest absolute Gasteiger partial charge is 0.266 e. The van der Waals surface area contributed by atoms with Crippen LogP contribution >= 0.6 is 0 Å². The molecule has 3 aromatic carbocycles. The standard InChI is InChI=1S/C26H30N6O.C25H28N6O.C24H25FN6O/c1-6-7-21-22-23(31-16-26(3,4)28-25(31)30(5)24(22)33)29-32(21)15-18-9-11-19(12-10-18)20-13-8-17(2)14-27-20;1-6-20-21-22(30-15-25(3,4)27-24(30)29(5)23(21)32)28-31(20)14-17-8-10-18(11-9-17)19-12-7-16(2)13-26-19;1-5-18-20-21(30-14-24(2,3)27-23(30)29(4)22(20)32)28-31(18)13-15-9-11-16(12-10-15)17-7-6-8-19(25)26-17/h8-14H,6-7,15-16H2,1-5H3;7-13H,6,14-15H2,1-5H3;6-12H,5,13-14H2,1-4H3. The molecule has 0 unspecified atom stereocenters. The molecule has 6 aliphatic heterocycles. The second kappa shape index (κ2) is 25.2. The predicted octanol–water partition coefficient (Wildman–Crippen LogP) is 11.9. The number of hydrogen-bond acceptors (Lipinski definition) is 15. The number of nitrogens with zero attached hydrogens (tertiary/aromatic N) is 18. The van der Waals surface area contributed by atoms with Crippen LogP contribution in [0.15, 0.2) is 143 Å². The minimum Gasteiger partial charge on any atom is -0.292 e. The molecule has 0 fully saturated rings. The van der Waals surface area contributed by atoms with Gasteiger partial charge < -0.3 is 0 Å². The Kier molecular flexibility index (Phi) is 17.0. The number of benzene rings is 3. The van der Waals surface area contributed by atoms with E-state index in [-0.39, 0.29) is 34.3 Å². The van der Waals surface area contributed by atoms with E-state index < -0.39 is 5.95 Å². The first-order chi connectivity index (χ1) is 46.3. The Bertz CT molecular complexity index is 4630. The third-order valence-corrected chi connectivity index (χ3v) is 18.3. The van der Waals surface area contributed by atoms with Gasteiger partial charge in [0.05, 0.1) is 90.0 Å². The Morgan fingerprint density at radius 2 is 0.773 bits per heavy atom. The summed E-state index contributed by atoms with van der Waals surface area (Å²) in [4.78, 5) is 78.1. The molecule has 3 amide bonds. The summed E-state index contributed by atoms with van der Waals surface area (Å²) in [5.41, 5.74) is 15.3. The summed E-state index contributed by atoms with van der Waals surface area (Å²) < 4.78 is 19.3. The number of rotatable bonds is 13. The largest absolute Gasteiger partial charge is 0.292 e. The summed E-state index contributed by atoms with van der Waals surface area (Å²) in [5.74, 6) is 3.59. The first kappa shape index (κ1) is 65.2. The number of fused-ring (bicyclic) bond motifs is 9. The van der Waals surface area contributed by atoms with Crippen LogP contribution in [0.3, 0.4) is 0 Å². The highest BCUT2D eigenvalue weighted by atomic mass is 19.1. The fourth-order valence-corrected chi connectivity index (χ4v) is 13.5. The number of pyridine rings is 3. The lowest BCUT2D eigenvalue weighted by molar-refractivity contribution is 0.0856. The van der Waals surface area contributed by atoms with Crippen molar-refractivity contribution in [2.75, 3.05) is 55.5 Å². The van der Waals surface area contributed by atoms with E-state index in [1.165, 1.54) is 6.07 Å². The lowest BCUT2D eigenvalue weighted by Crippen LogP contribution is -2.48. The number of aliphatic imine (C=N–C) groups is 3. The average Bonchev–Trinajstić information content (AvgIpc) is 1.60. The zero-order valence-corrected chi connectivity index (χ0v) is 57.8. The minimum absolute atomic E-state index is 0.0202. The zero-order chi connectivity index (χ0) is 68.6. The number of carbonyl (C=O) groups excluding carboxylic acids is 3. The van der Waals surface area contributed by atoms with Gasteiger partial charge in [-0.2, -0.15) is 19.7 Å². The molecule has 15 rings (SSSR count). The van der Waals surface area contributed by atoms with Gasteiger partial charge in [0.1, 0.15) is 16.7 Å². The summed E-state index contributed by atoms with van der Waals surface area (Å²) in [6, 6.07) is 37.7. The van der Waals surface area contributed by atoms with Gasteiger partial charge in [0.25, 0.3) is 17.7 Å². The van der Waals surface area contributed by atoms with Crippen molar-refractivity contribution >= 4 is 53.1 Å². The molecule has 0 saturated carbocycles. The average molecular weight is 1300 g/mol. The number of guanidine groups is 3. The van der Waals surface area contributed by atoms with Crippen molar-refractivity contribution in [3.8, 4) is 33.8 Å². The first-order valence-electron chi connectivity index (χ1n) is 33.3. The third-order valence-electron chi connectivity index (χ3n) is 18.3. The molecule has 0 N–H and O–H groups in total. The second-order valence-corrected chi connectivity index (χ2v) is 27.8. The number of hydrogen-bond donors (Lipinski definition) is 0. The van der Waals surface area contributed by atoms with Crippen LogP contribution in [0.2, 0.25) is 0 Å². The molecule has 22 heteroatoms. The van der Waals surface area contributed by atoms with Gasteiger partial charge in [-0.1, -0.05) is 118 Å². The Morgan fingerprint density at radius 3 is 1.09 bits per heavy atom. The van der Waals surface area contributed by atoms with Gasteiger partial charge >= 0.3 is 0 Å². The molecule has 0 atom stereocenters. The molecule has 0 saturated heterocycles. The van der Waals surface area contributed by atoms with Crippen molar-refractivity contribution < 1.29 is 18.8 Å². The lowest BCUT2D eigenvalue weighted by Gasteiger charge is -2.30. The van der Waals surface area contributed by atoms with Crippen molar-refractivity contribution in [1.29, 1.82) is 0 Å². The maximum atomic E-state index is 13.4. The molecular weight excluding hydrogens is 1220 g/mol. The van der Waals surface area contributed by atoms with E-state index in [1.54, 1.807) is 40.9 Å². The number of anilines is 3. The Morgan fingerprint density at radius 1 is 0.433 bits per heavy atom. The summed E-state index contributed by atoms with van der Waals surface area (Å²) in [6.45, 7) is 26.7. The molecule has 0 bridgehead atoms. The molecular formula is C75H83FN18O3. The second-order valence-electron chi connectivity index (χ2n) is 27.8. The van der Waals surface area contributed by atoms with Gasteiger partial charge in [-0.25, -0.2) is 20.0 Å². The number of halogens is 1. The molecule has 12 heterocycles. The molecule has 6 aliphatic rings. The van der Waals surface area contributed by atoms with Crippen LogP contribution < -0.4 is 14.7 Å². The van der Waals surface area contributed by atoms with E-state index in [2.05, 4.69) is 141 Å². The molecule has 21 nitrogen and oxygen atoms in total. The molecule has 97 heavy (non-hydrogen) atoms.